The van der Waals surface area contributed by atoms with Gasteiger partial charge in [-0.1, -0.05) is 24.3 Å². The van der Waals surface area contributed by atoms with Crippen molar-refractivity contribution in [1.82, 2.24) is 4.98 Å². The molecule has 1 aromatic heterocycles. The fraction of sp³-hybridized carbons (Fsp3) is 0.250. The number of nitrogens with two attached hydrogens (primary N) is 1. The molecule has 0 saturated carbocycles. The van der Waals surface area contributed by atoms with Crippen molar-refractivity contribution >= 4 is 30.8 Å². The summed E-state index contributed by atoms with van der Waals surface area (Å²) in [5.41, 5.74) is 10.0. The van der Waals surface area contributed by atoms with Crippen LogP contribution in [0.2, 0.25) is 0 Å². The minimum atomic E-state index is -0.933. The van der Waals surface area contributed by atoms with Crippen molar-refractivity contribution in [1.29, 1.82) is 0 Å². The SMILES string of the molecule is Cc1cc(-c2ccc(CCN)cc2)nc(C)c1C(=O)O.Cl.Cl. The van der Waals surface area contributed by atoms with Gasteiger partial charge in [-0.25, -0.2) is 4.79 Å². The van der Waals surface area contributed by atoms with E-state index in [1.165, 1.54) is 5.56 Å². The molecular formula is C16H20Cl2N2O2. The second kappa shape index (κ2) is 8.73. The van der Waals surface area contributed by atoms with Crippen LogP contribution in [0.25, 0.3) is 11.3 Å². The van der Waals surface area contributed by atoms with Gasteiger partial charge in [-0.2, -0.15) is 0 Å². The maximum Gasteiger partial charge on any atom is 0.337 e. The van der Waals surface area contributed by atoms with Gasteiger partial charge in [0.2, 0.25) is 0 Å². The Morgan fingerprint density at radius 2 is 1.77 bits per heavy atom. The minimum Gasteiger partial charge on any atom is -0.478 e. The molecule has 0 aliphatic rings. The fourth-order valence-electron chi connectivity index (χ4n) is 2.31. The molecule has 1 aromatic carbocycles. The maximum atomic E-state index is 11.2. The molecule has 0 saturated heterocycles. The van der Waals surface area contributed by atoms with Gasteiger partial charge < -0.3 is 10.8 Å². The van der Waals surface area contributed by atoms with E-state index in [9.17, 15) is 4.79 Å². The predicted octanol–water partition coefficient (Wildman–Crippen LogP) is 3.41. The molecule has 6 heteroatoms. The number of carboxylic acid groups (broad SMARTS) is 1. The molecule has 0 spiro atoms. The predicted molar refractivity (Wildman–Crippen MR) is 93.4 cm³/mol. The lowest BCUT2D eigenvalue weighted by Gasteiger charge is -2.09. The lowest BCUT2D eigenvalue weighted by atomic mass is 10.0. The molecular weight excluding hydrogens is 323 g/mol. The Balaban J connectivity index is 0.00000220. The zero-order valence-corrected chi connectivity index (χ0v) is 14.1. The molecule has 2 rings (SSSR count). The van der Waals surface area contributed by atoms with Crippen LogP contribution in [0, 0.1) is 13.8 Å². The van der Waals surface area contributed by atoms with E-state index in [4.69, 9.17) is 10.8 Å². The van der Waals surface area contributed by atoms with E-state index in [1.807, 2.05) is 30.3 Å². The summed E-state index contributed by atoms with van der Waals surface area (Å²) in [6.07, 6.45) is 0.851. The Hall–Kier alpha value is -1.62. The van der Waals surface area contributed by atoms with E-state index in [0.29, 0.717) is 12.2 Å². The first-order valence-corrected chi connectivity index (χ1v) is 6.54. The Morgan fingerprint density at radius 1 is 1.18 bits per heavy atom. The minimum absolute atomic E-state index is 0. The summed E-state index contributed by atoms with van der Waals surface area (Å²) >= 11 is 0. The van der Waals surface area contributed by atoms with Crippen LogP contribution in [0.4, 0.5) is 0 Å². The quantitative estimate of drug-likeness (QED) is 0.892. The molecule has 0 aliphatic heterocycles. The number of aryl methyl sites for hydroxylation is 2. The fourth-order valence-corrected chi connectivity index (χ4v) is 2.31. The lowest BCUT2D eigenvalue weighted by molar-refractivity contribution is 0.0695. The Labute approximate surface area is 142 Å². The molecule has 0 fully saturated rings. The largest absolute Gasteiger partial charge is 0.478 e. The van der Waals surface area contributed by atoms with E-state index < -0.39 is 5.97 Å². The van der Waals surface area contributed by atoms with Gasteiger partial charge in [0.05, 0.1) is 17.0 Å². The smallest absolute Gasteiger partial charge is 0.337 e. The van der Waals surface area contributed by atoms with Crippen LogP contribution in [-0.2, 0) is 6.42 Å². The van der Waals surface area contributed by atoms with E-state index in [-0.39, 0.29) is 30.4 Å². The van der Waals surface area contributed by atoms with Crippen LogP contribution in [0.5, 0.6) is 0 Å². The molecule has 0 bridgehead atoms. The standard InChI is InChI=1S/C16H18N2O2.2ClH/c1-10-9-14(18-11(2)15(10)16(19)20)13-5-3-12(4-6-13)7-8-17;;/h3-6,9H,7-8,17H2,1-2H3,(H,19,20);2*1H. The van der Waals surface area contributed by atoms with Crippen molar-refractivity contribution in [3.8, 4) is 11.3 Å². The molecule has 120 valence electrons. The third-order valence-electron chi connectivity index (χ3n) is 3.29. The molecule has 0 radical (unpaired) electrons. The highest BCUT2D eigenvalue weighted by molar-refractivity contribution is 5.91. The van der Waals surface area contributed by atoms with Crippen LogP contribution >= 0.6 is 24.8 Å². The molecule has 0 atom stereocenters. The Morgan fingerprint density at radius 3 is 2.23 bits per heavy atom. The topological polar surface area (TPSA) is 76.2 Å². The molecule has 22 heavy (non-hydrogen) atoms. The summed E-state index contributed by atoms with van der Waals surface area (Å²) in [4.78, 5) is 15.6. The lowest BCUT2D eigenvalue weighted by Crippen LogP contribution is -2.06. The normalized spacial score (nSPS) is 9.59. The number of hydrogen-bond donors (Lipinski definition) is 2. The molecule has 0 amide bonds. The van der Waals surface area contributed by atoms with E-state index in [1.54, 1.807) is 13.8 Å². The highest BCUT2D eigenvalue weighted by Gasteiger charge is 2.13. The zero-order chi connectivity index (χ0) is 14.7. The molecule has 1 heterocycles. The van der Waals surface area contributed by atoms with Crippen molar-refractivity contribution in [2.75, 3.05) is 6.54 Å². The number of hydrogen-bond acceptors (Lipinski definition) is 3. The van der Waals surface area contributed by atoms with Gasteiger partial charge in [-0.15, -0.1) is 24.8 Å². The molecule has 2 aromatic rings. The van der Waals surface area contributed by atoms with E-state index in [2.05, 4.69) is 4.98 Å². The summed E-state index contributed by atoms with van der Waals surface area (Å²) in [5.74, 6) is -0.933. The summed E-state index contributed by atoms with van der Waals surface area (Å²) in [7, 11) is 0. The van der Waals surface area contributed by atoms with Crippen molar-refractivity contribution in [3.63, 3.8) is 0 Å². The first-order chi connectivity index (χ1) is 9.52. The average molecular weight is 343 g/mol. The van der Waals surface area contributed by atoms with E-state index >= 15 is 0 Å². The summed E-state index contributed by atoms with van der Waals surface area (Å²) in [5, 5.41) is 9.15. The maximum absolute atomic E-state index is 11.2. The molecule has 0 unspecified atom stereocenters. The first-order valence-electron chi connectivity index (χ1n) is 6.54. The Kier molecular flexibility index (Phi) is 8.09. The summed E-state index contributed by atoms with van der Waals surface area (Å²) in [6, 6.07) is 9.85. The molecule has 0 aliphatic carbocycles. The van der Waals surface area contributed by atoms with Gasteiger partial charge in [-0.05, 0) is 44.0 Å². The molecule has 4 nitrogen and oxygen atoms in total. The number of aromatic nitrogens is 1. The van der Waals surface area contributed by atoms with Crippen LogP contribution in [0.1, 0.15) is 27.2 Å². The third-order valence-corrected chi connectivity index (χ3v) is 3.29. The first kappa shape index (κ1) is 20.4. The third kappa shape index (κ3) is 4.44. The van der Waals surface area contributed by atoms with Crippen LogP contribution in [-0.4, -0.2) is 22.6 Å². The van der Waals surface area contributed by atoms with Gasteiger partial charge >= 0.3 is 5.97 Å². The van der Waals surface area contributed by atoms with Gasteiger partial charge in [0.25, 0.3) is 0 Å². The number of benzene rings is 1. The van der Waals surface area contributed by atoms with Crippen LogP contribution in [0.3, 0.4) is 0 Å². The number of rotatable bonds is 4. The number of pyridine rings is 1. The molecule has 3 N–H and O–H groups in total. The van der Waals surface area contributed by atoms with Crippen LogP contribution in [0.15, 0.2) is 30.3 Å². The van der Waals surface area contributed by atoms with Gasteiger partial charge in [-0.3, -0.25) is 4.98 Å². The van der Waals surface area contributed by atoms with Crippen molar-refractivity contribution in [3.05, 3.63) is 52.7 Å². The summed E-state index contributed by atoms with van der Waals surface area (Å²) < 4.78 is 0. The second-order valence-corrected chi connectivity index (χ2v) is 4.83. The number of nitrogens with zero attached hydrogens (tertiary/aromatic N) is 1. The van der Waals surface area contributed by atoms with E-state index in [0.717, 1.165) is 23.2 Å². The number of halogens is 2. The monoisotopic (exact) mass is 342 g/mol. The number of carbonyl (C=O) groups is 1. The second-order valence-electron chi connectivity index (χ2n) is 4.83. The number of aromatic carboxylic acids is 1. The summed E-state index contributed by atoms with van der Waals surface area (Å²) in [6.45, 7) is 4.15. The van der Waals surface area contributed by atoms with Gasteiger partial charge in [0, 0.05) is 5.56 Å². The zero-order valence-electron chi connectivity index (χ0n) is 12.5. The number of carboxylic acids is 1. The van der Waals surface area contributed by atoms with Gasteiger partial charge in [0.1, 0.15) is 0 Å². The highest BCUT2D eigenvalue weighted by atomic mass is 35.5. The van der Waals surface area contributed by atoms with Crippen molar-refractivity contribution in [2.24, 2.45) is 5.73 Å². The van der Waals surface area contributed by atoms with Crippen molar-refractivity contribution in [2.45, 2.75) is 20.3 Å². The van der Waals surface area contributed by atoms with Crippen LogP contribution < -0.4 is 5.73 Å². The average Bonchev–Trinajstić information content (AvgIpc) is 2.38. The van der Waals surface area contributed by atoms with Crippen molar-refractivity contribution < 1.29 is 9.90 Å². The van der Waals surface area contributed by atoms with Gasteiger partial charge in [0.15, 0.2) is 0 Å². The highest BCUT2D eigenvalue weighted by Crippen LogP contribution is 2.22. The Bertz CT molecular complexity index is 620.